The molecule has 0 spiro atoms. The van der Waals surface area contributed by atoms with Crippen LogP contribution in [0.15, 0.2) is 0 Å². The summed E-state index contributed by atoms with van der Waals surface area (Å²) in [6.07, 6.45) is 0.383. The van der Waals surface area contributed by atoms with E-state index in [0.29, 0.717) is 0 Å². The lowest BCUT2D eigenvalue weighted by molar-refractivity contribution is -0.266. The molecule has 0 aromatic heterocycles. The summed E-state index contributed by atoms with van der Waals surface area (Å²) in [7, 11) is 0. The van der Waals surface area contributed by atoms with Crippen LogP contribution in [0.2, 0.25) is 0 Å². The van der Waals surface area contributed by atoms with Gasteiger partial charge in [0.25, 0.3) is 0 Å². The third-order valence-electron chi connectivity index (χ3n) is 2.58. The van der Waals surface area contributed by atoms with Gasteiger partial charge in [-0.25, -0.2) is 0 Å². The van der Waals surface area contributed by atoms with E-state index in [1.165, 1.54) is 6.92 Å². The summed E-state index contributed by atoms with van der Waals surface area (Å²) in [5.74, 6) is 1.82. The van der Waals surface area contributed by atoms with Crippen LogP contribution in [0.3, 0.4) is 0 Å². The highest BCUT2D eigenvalue weighted by Gasteiger charge is 2.45. The van der Waals surface area contributed by atoms with E-state index in [1.807, 2.05) is 0 Å². The lowest BCUT2D eigenvalue weighted by atomic mass is 9.97. The van der Waals surface area contributed by atoms with E-state index in [2.05, 4.69) is 11.2 Å². The number of hydrogen-bond donors (Lipinski definition) is 4. The molecule has 7 heteroatoms. The Morgan fingerprint density at radius 2 is 2.17 bits per heavy atom. The summed E-state index contributed by atoms with van der Waals surface area (Å²) in [5.41, 5.74) is 0. The number of nitrogens with one attached hydrogen (secondary N) is 1. The Balaban J connectivity index is 2.80. The van der Waals surface area contributed by atoms with E-state index in [-0.39, 0.29) is 6.61 Å². The SMILES string of the molecule is C#CCO[C@@H]1O[C@H](CO)[C@@H](O)[C@H](O)[C@H]1NC(C)=O. The van der Waals surface area contributed by atoms with Gasteiger partial charge in [0.2, 0.25) is 5.91 Å². The summed E-state index contributed by atoms with van der Waals surface area (Å²) in [6.45, 7) is 0.693. The molecule has 1 fully saturated rings. The Bertz CT molecular complexity index is 328. The average molecular weight is 259 g/mol. The standard InChI is InChI=1S/C11H17NO6/c1-3-4-17-11-8(12-6(2)14)10(16)9(15)7(5-13)18-11/h1,7-11,13,15-16H,4-5H2,2H3,(H,12,14)/t7-,8-,9-,10-,11-/m1/s1. The molecule has 0 aliphatic carbocycles. The van der Waals surface area contributed by atoms with Gasteiger partial charge >= 0.3 is 0 Å². The second-order valence-electron chi connectivity index (χ2n) is 3.95. The predicted molar refractivity (Wildman–Crippen MR) is 60.2 cm³/mol. The van der Waals surface area contributed by atoms with Crippen LogP contribution >= 0.6 is 0 Å². The van der Waals surface area contributed by atoms with E-state index in [0.717, 1.165) is 0 Å². The first-order chi connectivity index (χ1) is 8.51. The maximum absolute atomic E-state index is 11.0. The van der Waals surface area contributed by atoms with Gasteiger partial charge in [0.15, 0.2) is 6.29 Å². The van der Waals surface area contributed by atoms with Crippen LogP contribution < -0.4 is 5.32 Å². The van der Waals surface area contributed by atoms with E-state index in [1.54, 1.807) is 0 Å². The zero-order valence-corrected chi connectivity index (χ0v) is 9.94. The first kappa shape index (κ1) is 14.9. The summed E-state index contributed by atoms with van der Waals surface area (Å²) in [4.78, 5) is 11.0. The Morgan fingerprint density at radius 1 is 1.50 bits per heavy atom. The molecule has 0 aromatic rings. The van der Waals surface area contributed by atoms with Crippen molar-refractivity contribution in [2.45, 2.75) is 37.6 Å². The van der Waals surface area contributed by atoms with Gasteiger partial charge in [-0.2, -0.15) is 0 Å². The number of carbonyl (C=O) groups is 1. The molecule has 1 amide bonds. The number of amides is 1. The molecule has 0 radical (unpaired) electrons. The van der Waals surface area contributed by atoms with E-state index in [4.69, 9.17) is 21.0 Å². The van der Waals surface area contributed by atoms with Gasteiger partial charge in [0.1, 0.15) is 31.0 Å². The van der Waals surface area contributed by atoms with Gasteiger partial charge < -0.3 is 30.1 Å². The monoisotopic (exact) mass is 259 g/mol. The third kappa shape index (κ3) is 3.41. The van der Waals surface area contributed by atoms with E-state index in [9.17, 15) is 15.0 Å². The van der Waals surface area contributed by atoms with E-state index < -0.39 is 43.2 Å². The van der Waals surface area contributed by atoms with Crippen molar-refractivity contribution >= 4 is 5.91 Å². The second-order valence-corrected chi connectivity index (χ2v) is 3.95. The van der Waals surface area contributed by atoms with Crippen molar-refractivity contribution in [1.29, 1.82) is 0 Å². The van der Waals surface area contributed by atoms with Gasteiger partial charge in [-0.15, -0.1) is 6.42 Å². The van der Waals surface area contributed by atoms with Gasteiger partial charge in [0, 0.05) is 6.92 Å². The molecule has 4 N–H and O–H groups in total. The number of terminal acetylenes is 1. The van der Waals surface area contributed by atoms with Gasteiger partial charge in [-0.05, 0) is 0 Å². The average Bonchev–Trinajstić information content (AvgIpc) is 2.33. The quantitative estimate of drug-likeness (QED) is 0.418. The molecule has 0 aromatic carbocycles. The first-order valence-electron chi connectivity index (χ1n) is 5.46. The third-order valence-corrected chi connectivity index (χ3v) is 2.58. The number of rotatable bonds is 4. The predicted octanol–water partition coefficient (Wildman–Crippen LogP) is -2.42. The zero-order valence-electron chi connectivity index (χ0n) is 9.94. The maximum Gasteiger partial charge on any atom is 0.217 e. The lowest BCUT2D eigenvalue weighted by Gasteiger charge is -2.41. The van der Waals surface area contributed by atoms with E-state index >= 15 is 0 Å². The highest BCUT2D eigenvalue weighted by atomic mass is 16.7. The summed E-state index contributed by atoms with van der Waals surface area (Å²) >= 11 is 0. The van der Waals surface area contributed by atoms with Crippen LogP contribution in [0.5, 0.6) is 0 Å². The van der Waals surface area contributed by atoms with Gasteiger partial charge in [0.05, 0.1) is 6.61 Å². The number of aliphatic hydroxyl groups is 3. The molecule has 0 saturated carbocycles. The molecule has 0 unspecified atom stereocenters. The Kier molecular flexibility index (Phi) is 5.53. The van der Waals surface area contributed by atoms with Crippen molar-refractivity contribution in [2.75, 3.05) is 13.2 Å². The summed E-state index contributed by atoms with van der Waals surface area (Å²) in [6, 6.07) is -0.950. The van der Waals surface area contributed by atoms with Crippen LogP contribution in [-0.2, 0) is 14.3 Å². The van der Waals surface area contributed by atoms with Crippen molar-refractivity contribution < 1.29 is 29.6 Å². The summed E-state index contributed by atoms with van der Waals surface area (Å²) < 4.78 is 10.4. The van der Waals surface area contributed by atoms with Crippen molar-refractivity contribution in [2.24, 2.45) is 0 Å². The minimum absolute atomic E-state index is 0.0816. The molecular formula is C11H17NO6. The molecule has 7 nitrogen and oxygen atoms in total. The minimum atomic E-state index is -1.32. The minimum Gasteiger partial charge on any atom is -0.394 e. The fourth-order valence-electron chi connectivity index (χ4n) is 1.74. The Hall–Kier alpha value is -1.17. The van der Waals surface area contributed by atoms with Crippen LogP contribution in [0, 0.1) is 12.3 Å². The fraction of sp³-hybridized carbons (Fsp3) is 0.727. The first-order valence-corrected chi connectivity index (χ1v) is 5.46. The van der Waals surface area contributed by atoms with Crippen LogP contribution in [0.4, 0.5) is 0 Å². The largest absolute Gasteiger partial charge is 0.394 e. The molecule has 1 heterocycles. The number of aliphatic hydroxyl groups excluding tert-OH is 3. The Labute approximate surface area is 105 Å². The molecule has 18 heavy (non-hydrogen) atoms. The van der Waals surface area contributed by atoms with Crippen LogP contribution in [-0.4, -0.2) is 65.1 Å². The fourth-order valence-corrected chi connectivity index (χ4v) is 1.74. The van der Waals surface area contributed by atoms with Crippen molar-refractivity contribution in [1.82, 2.24) is 5.32 Å². The Morgan fingerprint density at radius 3 is 2.67 bits per heavy atom. The molecule has 1 aliphatic heterocycles. The second kappa shape index (κ2) is 6.68. The van der Waals surface area contributed by atoms with Crippen molar-refractivity contribution in [3.8, 4) is 12.3 Å². The molecule has 1 rings (SSSR count). The van der Waals surface area contributed by atoms with Gasteiger partial charge in [-0.1, -0.05) is 5.92 Å². The highest BCUT2D eigenvalue weighted by Crippen LogP contribution is 2.21. The zero-order chi connectivity index (χ0) is 13.7. The molecule has 5 atom stereocenters. The van der Waals surface area contributed by atoms with Crippen LogP contribution in [0.1, 0.15) is 6.92 Å². The molecular weight excluding hydrogens is 242 g/mol. The van der Waals surface area contributed by atoms with Crippen molar-refractivity contribution in [3.05, 3.63) is 0 Å². The van der Waals surface area contributed by atoms with Crippen LogP contribution in [0.25, 0.3) is 0 Å². The molecule has 1 aliphatic rings. The number of ether oxygens (including phenoxy) is 2. The lowest BCUT2D eigenvalue weighted by Crippen LogP contribution is -2.64. The number of carbonyl (C=O) groups excluding carboxylic acids is 1. The van der Waals surface area contributed by atoms with Crippen molar-refractivity contribution in [3.63, 3.8) is 0 Å². The summed E-state index contributed by atoms with van der Waals surface area (Å²) in [5, 5.41) is 31.0. The normalized spacial score (nSPS) is 35.8. The molecule has 1 saturated heterocycles. The molecule has 102 valence electrons. The van der Waals surface area contributed by atoms with Gasteiger partial charge in [-0.3, -0.25) is 4.79 Å². The molecule has 0 bridgehead atoms. The number of hydrogen-bond acceptors (Lipinski definition) is 6. The highest BCUT2D eigenvalue weighted by molar-refractivity contribution is 5.73. The topological polar surface area (TPSA) is 108 Å². The smallest absolute Gasteiger partial charge is 0.217 e. The maximum atomic E-state index is 11.0.